The molecule has 0 nitrogen and oxygen atoms in total. The molecule has 0 spiro atoms. The van der Waals surface area contributed by atoms with Crippen LogP contribution < -0.4 is 0 Å². The summed E-state index contributed by atoms with van der Waals surface area (Å²) in [5.74, 6) is 0. The van der Waals surface area contributed by atoms with Gasteiger partial charge in [-0.15, -0.1) is 0 Å². The molecule has 0 amide bonds. The van der Waals surface area contributed by atoms with E-state index in [0.29, 0.717) is 0 Å². The molecular weight excluding hydrogens is 219 g/mol. The molecule has 0 aliphatic rings. The molecule has 0 atom stereocenters. The van der Waals surface area contributed by atoms with Gasteiger partial charge in [0.15, 0.2) is 0 Å². The van der Waals surface area contributed by atoms with Crippen LogP contribution in [0.25, 0.3) is 0 Å². The molecule has 0 unspecified atom stereocenters. The average molecular weight is 221 g/mol. The molecule has 0 aliphatic heterocycles. The van der Waals surface area contributed by atoms with Gasteiger partial charge in [0, 0.05) is 53.3 Å². The first-order valence-corrected chi connectivity index (χ1v) is 0. The topological polar surface area (TPSA) is 0 Å². The van der Waals surface area contributed by atoms with Crippen molar-refractivity contribution in [2.45, 2.75) is 0 Å². The van der Waals surface area contributed by atoms with Crippen molar-refractivity contribution in [3.8, 4) is 0 Å². The SMILES string of the molecule is [CaH2].[Co].[Mn].[Zn]. The smallest absolute Gasteiger partial charge is 0 e. The van der Waals surface area contributed by atoms with E-state index in [4.69, 9.17) is 0 Å². The predicted octanol–water partition coefficient (Wildman–Crippen LogP) is -0.924. The van der Waals surface area contributed by atoms with Crippen molar-refractivity contribution in [1.82, 2.24) is 0 Å². The van der Waals surface area contributed by atoms with Gasteiger partial charge in [-0.25, -0.2) is 0 Å². The van der Waals surface area contributed by atoms with E-state index < -0.39 is 0 Å². The van der Waals surface area contributed by atoms with Crippen molar-refractivity contribution in [3.63, 3.8) is 0 Å². The van der Waals surface area contributed by atoms with E-state index in [-0.39, 0.29) is 91.1 Å². The summed E-state index contributed by atoms with van der Waals surface area (Å²) in [7, 11) is 0. The summed E-state index contributed by atoms with van der Waals surface area (Å²) in [5, 5.41) is 0. The first-order chi connectivity index (χ1) is 0. The number of hydrogen-bond acceptors (Lipinski definition) is 0. The molecule has 0 aromatic carbocycles. The maximum atomic E-state index is 0. The van der Waals surface area contributed by atoms with Crippen molar-refractivity contribution >= 4 is 37.7 Å². The van der Waals surface area contributed by atoms with Crippen LogP contribution in [0.3, 0.4) is 0 Å². The van der Waals surface area contributed by atoms with Gasteiger partial charge in [0.05, 0.1) is 0 Å². The summed E-state index contributed by atoms with van der Waals surface area (Å²) in [6, 6.07) is 0. The third kappa shape index (κ3) is 8.86. The van der Waals surface area contributed by atoms with Gasteiger partial charge in [-0.2, -0.15) is 0 Å². The van der Waals surface area contributed by atoms with Gasteiger partial charge in [0.1, 0.15) is 0 Å². The Morgan fingerprint density at radius 3 is 1.00 bits per heavy atom. The molecule has 0 aromatic heterocycles. The van der Waals surface area contributed by atoms with Crippen LogP contribution in [0.2, 0.25) is 0 Å². The second-order valence-electron chi connectivity index (χ2n) is 0. The Balaban J connectivity index is 0. The zero-order chi connectivity index (χ0) is 0. The van der Waals surface area contributed by atoms with E-state index in [1.54, 1.807) is 0 Å². The molecule has 0 saturated heterocycles. The Kier molecular flexibility index (Phi) is 120. The molecular formula is H2CaCoMnZn. The molecule has 0 N–H and O–H groups in total. The summed E-state index contributed by atoms with van der Waals surface area (Å²) in [4.78, 5) is 0. The van der Waals surface area contributed by atoms with Crippen molar-refractivity contribution in [1.29, 1.82) is 0 Å². The van der Waals surface area contributed by atoms with E-state index in [2.05, 4.69) is 0 Å². The zero-order valence-corrected chi connectivity index (χ0v) is 6.61. The summed E-state index contributed by atoms with van der Waals surface area (Å²) < 4.78 is 0. The van der Waals surface area contributed by atoms with Crippen LogP contribution in [0.5, 0.6) is 0 Å². The second kappa shape index (κ2) is 16.8. The average Bonchev–Trinajstić information content (AvgIpc) is 0. The molecule has 0 bridgehead atoms. The van der Waals surface area contributed by atoms with Gasteiger partial charge in [0.2, 0.25) is 0 Å². The van der Waals surface area contributed by atoms with E-state index in [1.807, 2.05) is 0 Å². The van der Waals surface area contributed by atoms with Crippen molar-refractivity contribution in [2.75, 3.05) is 0 Å². The van der Waals surface area contributed by atoms with Gasteiger partial charge in [-0.3, -0.25) is 0 Å². The normalized spacial score (nSPS) is 0. The molecule has 0 heterocycles. The van der Waals surface area contributed by atoms with E-state index in [9.17, 15) is 0 Å². The second-order valence-corrected chi connectivity index (χ2v) is 0. The minimum atomic E-state index is 0. The van der Waals surface area contributed by atoms with Crippen LogP contribution in [0.1, 0.15) is 0 Å². The Bertz CT molecular complexity index is 8.00. The molecule has 0 saturated carbocycles. The molecule has 0 rings (SSSR count). The summed E-state index contributed by atoms with van der Waals surface area (Å²) in [6.07, 6.45) is 0. The fourth-order valence-corrected chi connectivity index (χ4v) is 0. The van der Waals surface area contributed by atoms with Crippen molar-refractivity contribution in [3.05, 3.63) is 0 Å². The van der Waals surface area contributed by atoms with Crippen LogP contribution in [-0.4, -0.2) is 37.7 Å². The number of hydrogen-bond donors (Lipinski definition) is 0. The first-order valence-electron chi connectivity index (χ1n) is 0. The largest absolute Gasteiger partial charge is 0 e. The third-order valence-corrected chi connectivity index (χ3v) is 0. The van der Waals surface area contributed by atoms with Crippen LogP contribution in [0, 0.1) is 0 Å². The standard InChI is InChI=1S/Ca.Co.Mn.Zn.2H. The van der Waals surface area contributed by atoms with Crippen LogP contribution in [0.4, 0.5) is 0 Å². The fourth-order valence-electron chi connectivity index (χ4n) is 0. The number of rotatable bonds is 0. The zero-order valence-electron chi connectivity index (χ0n) is 1.42. The van der Waals surface area contributed by atoms with E-state index in [1.165, 1.54) is 0 Å². The van der Waals surface area contributed by atoms with Gasteiger partial charge >= 0.3 is 37.7 Å². The molecule has 4 heavy (non-hydrogen) atoms. The van der Waals surface area contributed by atoms with Crippen LogP contribution in [0.15, 0.2) is 0 Å². The van der Waals surface area contributed by atoms with Gasteiger partial charge in [-0.05, 0) is 0 Å². The molecule has 4 heteroatoms. The van der Waals surface area contributed by atoms with Crippen molar-refractivity contribution < 1.29 is 53.3 Å². The van der Waals surface area contributed by atoms with Crippen molar-refractivity contribution in [2.24, 2.45) is 0 Å². The molecule has 2 radical (unpaired) electrons. The van der Waals surface area contributed by atoms with Gasteiger partial charge < -0.3 is 0 Å². The monoisotopic (exact) mass is 220 g/mol. The minimum Gasteiger partial charge on any atom is 0 e. The van der Waals surface area contributed by atoms with E-state index in [0.717, 1.165) is 0 Å². The molecule has 0 aromatic rings. The summed E-state index contributed by atoms with van der Waals surface area (Å²) in [6.45, 7) is 0. The molecule has 0 aliphatic carbocycles. The molecule has 22 valence electrons. The molecule has 0 fully saturated rings. The Morgan fingerprint density at radius 1 is 1.00 bits per heavy atom. The van der Waals surface area contributed by atoms with Gasteiger partial charge in [-0.1, -0.05) is 0 Å². The minimum absolute atomic E-state index is 0. The summed E-state index contributed by atoms with van der Waals surface area (Å²) in [5.41, 5.74) is 0. The predicted molar refractivity (Wildman–Crippen MR) is 8.54 cm³/mol. The quantitative estimate of drug-likeness (QED) is 0.464. The van der Waals surface area contributed by atoms with E-state index >= 15 is 0 Å². The Hall–Kier alpha value is 2.91. The maximum Gasteiger partial charge on any atom is 0 e. The van der Waals surface area contributed by atoms with Crippen LogP contribution >= 0.6 is 0 Å². The first kappa shape index (κ1) is 28.5. The third-order valence-electron chi connectivity index (χ3n) is 0. The maximum absolute atomic E-state index is 0. The van der Waals surface area contributed by atoms with Gasteiger partial charge in [0.25, 0.3) is 0 Å². The van der Waals surface area contributed by atoms with Crippen LogP contribution in [-0.2, 0) is 53.3 Å². The Labute approximate surface area is 89.3 Å². The Morgan fingerprint density at radius 2 is 1.00 bits per heavy atom. The fraction of sp³-hybridized carbons (Fsp3) is 0. The summed E-state index contributed by atoms with van der Waals surface area (Å²) >= 11 is 0.